The number of anilines is 2. The Bertz CT molecular complexity index is 1350. The van der Waals surface area contributed by atoms with Crippen LogP contribution in [0.3, 0.4) is 0 Å². The summed E-state index contributed by atoms with van der Waals surface area (Å²) < 4.78 is 31.3. The summed E-state index contributed by atoms with van der Waals surface area (Å²) in [6, 6.07) is 11.2. The molecule has 0 radical (unpaired) electrons. The summed E-state index contributed by atoms with van der Waals surface area (Å²) in [5.74, 6) is 0.879. The largest absolute Gasteiger partial charge is 0.454 e. The molecule has 0 spiro atoms. The highest BCUT2D eigenvalue weighted by molar-refractivity contribution is 7.98. The Morgan fingerprint density at radius 2 is 2.06 bits per heavy atom. The summed E-state index contributed by atoms with van der Waals surface area (Å²) in [6.07, 6.45) is 1.81. The van der Waals surface area contributed by atoms with Gasteiger partial charge < -0.3 is 25.0 Å². The smallest absolute Gasteiger partial charge is 0.264 e. The van der Waals surface area contributed by atoms with Crippen molar-refractivity contribution in [1.29, 1.82) is 0 Å². The predicted molar refractivity (Wildman–Crippen MR) is 118 cm³/mol. The minimum atomic E-state index is -0.535. The van der Waals surface area contributed by atoms with Crippen LogP contribution in [-0.4, -0.2) is 38.9 Å². The third-order valence-electron chi connectivity index (χ3n) is 4.86. The minimum Gasteiger partial charge on any atom is -0.454 e. The number of ether oxygens (including phenoxy) is 2. The van der Waals surface area contributed by atoms with E-state index in [-0.39, 0.29) is 30.7 Å². The Hall–Kier alpha value is -4.06. The molecule has 5 rings (SSSR count). The van der Waals surface area contributed by atoms with E-state index < -0.39 is 11.7 Å². The molecule has 33 heavy (non-hydrogen) atoms. The maximum absolute atomic E-state index is 13.8. The maximum atomic E-state index is 13.8. The summed E-state index contributed by atoms with van der Waals surface area (Å²) in [7, 11) is 0. The van der Waals surface area contributed by atoms with Crippen LogP contribution < -0.4 is 20.5 Å². The second-order valence-corrected chi connectivity index (χ2v) is 7.74. The van der Waals surface area contributed by atoms with Crippen LogP contribution in [0.4, 0.5) is 15.9 Å². The first-order chi connectivity index (χ1) is 16.0. The number of carbonyl (C=O) groups is 1. The molecule has 10 nitrogen and oxygen atoms in total. The lowest BCUT2D eigenvalue weighted by Crippen LogP contribution is -2.21. The fourth-order valence-corrected chi connectivity index (χ4v) is 3.86. The Labute approximate surface area is 190 Å². The molecule has 1 aliphatic heterocycles. The van der Waals surface area contributed by atoms with E-state index in [9.17, 15) is 9.18 Å². The quantitative estimate of drug-likeness (QED) is 0.409. The van der Waals surface area contributed by atoms with Crippen molar-refractivity contribution in [2.45, 2.75) is 11.6 Å². The molecule has 0 fully saturated rings. The molecule has 0 saturated carbocycles. The predicted octanol–water partition coefficient (Wildman–Crippen LogP) is 3.41. The van der Waals surface area contributed by atoms with Crippen molar-refractivity contribution in [3.8, 4) is 34.3 Å². The zero-order valence-electron chi connectivity index (χ0n) is 17.2. The Morgan fingerprint density at radius 3 is 2.88 bits per heavy atom. The Kier molecular flexibility index (Phi) is 5.34. The zero-order valence-corrected chi connectivity index (χ0v) is 18.1. The zero-order chi connectivity index (χ0) is 22.9. The van der Waals surface area contributed by atoms with Gasteiger partial charge in [-0.05, 0) is 36.6 Å². The molecule has 2 aromatic heterocycles. The number of nitrogens with two attached hydrogens (primary N) is 1. The van der Waals surface area contributed by atoms with Crippen molar-refractivity contribution in [1.82, 2.24) is 19.9 Å². The molecule has 0 unspecified atom stereocenters. The number of benzene rings is 2. The van der Waals surface area contributed by atoms with Crippen LogP contribution in [0.2, 0.25) is 0 Å². The lowest BCUT2D eigenvalue weighted by Gasteiger charge is -2.07. The lowest BCUT2D eigenvalue weighted by atomic mass is 10.2. The molecule has 1 amide bonds. The standard InChI is InChI=1S/C21H17FN6O4S/c1-33-21-17(18(23)28(26-21)9-16(29)24-13-5-3-2-4-12(13)22)20-25-19(27-32-20)11-6-7-14-15(8-11)31-10-30-14/h2-8H,9-10,23H2,1H3,(H,24,29). The van der Waals surface area contributed by atoms with Crippen LogP contribution in [0.15, 0.2) is 52.0 Å². The second kappa shape index (κ2) is 8.47. The topological polar surface area (TPSA) is 130 Å². The van der Waals surface area contributed by atoms with Crippen LogP contribution in [0, 0.1) is 5.82 Å². The summed E-state index contributed by atoms with van der Waals surface area (Å²) >= 11 is 1.31. The van der Waals surface area contributed by atoms with Crippen molar-refractivity contribution in [2.75, 3.05) is 24.1 Å². The average molecular weight is 468 g/mol. The van der Waals surface area contributed by atoms with Gasteiger partial charge in [-0.3, -0.25) is 4.79 Å². The number of fused-ring (bicyclic) bond motifs is 1. The van der Waals surface area contributed by atoms with Crippen LogP contribution in [0.5, 0.6) is 11.5 Å². The minimum absolute atomic E-state index is 0.0730. The third kappa shape index (κ3) is 3.96. The molecule has 3 N–H and O–H groups in total. The number of nitrogen functional groups attached to an aromatic ring is 1. The van der Waals surface area contributed by atoms with Crippen molar-refractivity contribution < 1.29 is 23.2 Å². The Morgan fingerprint density at radius 1 is 1.24 bits per heavy atom. The molecule has 0 saturated heterocycles. The first-order valence-corrected chi connectivity index (χ1v) is 10.9. The van der Waals surface area contributed by atoms with Gasteiger partial charge in [0.25, 0.3) is 5.89 Å². The molecule has 2 aromatic carbocycles. The molecular weight excluding hydrogens is 451 g/mol. The van der Waals surface area contributed by atoms with Gasteiger partial charge in [-0.2, -0.15) is 10.1 Å². The maximum Gasteiger partial charge on any atom is 0.264 e. The van der Waals surface area contributed by atoms with Gasteiger partial charge in [0.1, 0.15) is 28.8 Å². The third-order valence-corrected chi connectivity index (χ3v) is 5.54. The van der Waals surface area contributed by atoms with E-state index in [0.717, 1.165) is 0 Å². The fraction of sp³-hybridized carbons (Fsp3) is 0.143. The molecule has 3 heterocycles. The number of carbonyl (C=O) groups excluding carboxylic acids is 1. The summed E-state index contributed by atoms with van der Waals surface area (Å²) in [5.41, 5.74) is 7.44. The number of nitrogens with zero attached hydrogens (tertiary/aromatic N) is 4. The van der Waals surface area contributed by atoms with E-state index in [1.807, 2.05) is 6.26 Å². The average Bonchev–Trinajstić information content (AvgIpc) is 3.54. The van der Waals surface area contributed by atoms with Crippen LogP contribution in [0.1, 0.15) is 0 Å². The molecule has 1 aliphatic rings. The van der Waals surface area contributed by atoms with E-state index in [2.05, 4.69) is 20.6 Å². The first kappa shape index (κ1) is 20.8. The monoisotopic (exact) mass is 468 g/mol. The summed E-state index contributed by atoms with van der Waals surface area (Å²) in [4.78, 5) is 16.9. The van der Waals surface area contributed by atoms with Crippen LogP contribution in [-0.2, 0) is 11.3 Å². The number of hydrogen-bond donors (Lipinski definition) is 2. The summed E-state index contributed by atoms with van der Waals surface area (Å²) in [5, 5.41) is 11.4. The number of halogens is 1. The number of nitrogens with one attached hydrogen (secondary N) is 1. The van der Waals surface area contributed by atoms with Crippen molar-refractivity contribution in [3.05, 3.63) is 48.3 Å². The van der Waals surface area contributed by atoms with Gasteiger partial charge in [-0.1, -0.05) is 17.3 Å². The van der Waals surface area contributed by atoms with Gasteiger partial charge in [-0.15, -0.1) is 11.8 Å². The Balaban J connectivity index is 1.40. The first-order valence-electron chi connectivity index (χ1n) is 9.72. The van der Waals surface area contributed by atoms with Gasteiger partial charge >= 0.3 is 0 Å². The van der Waals surface area contributed by atoms with E-state index in [1.165, 1.54) is 34.6 Å². The van der Waals surface area contributed by atoms with Crippen molar-refractivity contribution in [2.24, 2.45) is 0 Å². The highest BCUT2D eigenvalue weighted by Crippen LogP contribution is 2.37. The normalized spacial score (nSPS) is 12.2. The van der Waals surface area contributed by atoms with E-state index >= 15 is 0 Å². The number of aromatic nitrogens is 4. The van der Waals surface area contributed by atoms with E-state index in [0.29, 0.717) is 33.5 Å². The number of rotatable bonds is 6. The second-order valence-electron chi connectivity index (χ2n) is 6.95. The number of thioether (sulfide) groups is 1. The molecule has 0 bridgehead atoms. The van der Waals surface area contributed by atoms with Crippen molar-refractivity contribution in [3.63, 3.8) is 0 Å². The van der Waals surface area contributed by atoms with Gasteiger partial charge in [-0.25, -0.2) is 9.07 Å². The van der Waals surface area contributed by atoms with Crippen LogP contribution >= 0.6 is 11.8 Å². The SMILES string of the molecule is CSc1nn(CC(=O)Nc2ccccc2F)c(N)c1-c1nc(-c2ccc3c(c2)OCO3)no1. The number of para-hydroxylation sites is 1. The number of hydrogen-bond acceptors (Lipinski definition) is 9. The van der Waals surface area contributed by atoms with Crippen LogP contribution in [0.25, 0.3) is 22.8 Å². The van der Waals surface area contributed by atoms with Crippen molar-refractivity contribution >= 4 is 29.2 Å². The van der Waals surface area contributed by atoms with E-state index in [4.69, 9.17) is 19.7 Å². The van der Waals surface area contributed by atoms with Gasteiger partial charge in [0.15, 0.2) is 11.5 Å². The van der Waals surface area contributed by atoms with Gasteiger partial charge in [0.2, 0.25) is 18.5 Å². The molecule has 0 atom stereocenters. The fourth-order valence-electron chi connectivity index (χ4n) is 3.28. The molecule has 0 aliphatic carbocycles. The lowest BCUT2D eigenvalue weighted by molar-refractivity contribution is -0.116. The van der Waals surface area contributed by atoms with E-state index in [1.54, 1.807) is 24.3 Å². The molecule has 4 aromatic rings. The highest BCUT2D eigenvalue weighted by atomic mass is 32.2. The molecular formula is C21H17FN6O4S. The molecule has 168 valence electrons. The van der Waals surface area contributed by atoms with Gasteiger partial charge in [0, 0.05) is 5.56 Å². The van der Waals surface area contributed by atoms with Gasteiger partial charge in [0.05, 0.1) is 5.69 Å². The number of amides is 1. The summed E-state index contributed by atoms with van der Waals surface area (Å²) in [6.45, 7) is -0.0650. The highest BCUT2D eigenvalue weighted by Gasteiger charge is 2.24. The molecule has 12 heteroatoms.